The van der Waals surface area contributed by atoms with Crippen molar-refractivity contribution in [1.82, 2.24) is 14.6 Å². The van der Waals surface area contributed by atoms with Crippen LogP contribution in [0.25, 0.3) is 6.08 Å². The number of aromatic amines is 1. The number of aliphatic hydroxyl groups excluding tert-OH is 1. The summed E-state index contributed by atoms with van der Waals surface area (Å²) in [6.07, 6.45) is -0.224. The third-order valence-corrected chi connectivity index (χ3v) is 6.94. The molecule has 14 heteroatoms. The number of benzene rings is 1. The monoisotopic (exact) mass is 573 g/mol. The number of esters is 1. The van der Waals surface area contributed by atoms with Crippen LogP contribution in [0.15, 0.2) is 51.1 Å². The first-order valence-electron chi connectivity index (χ1n) is 10.5. The summed E-state index contributed by atoms with van der Waals surface area (Å²) in [6, 6.07) is 7.15. The van der Waals surface area contributed by atoms with Crippen LogP contribution in [0.3, 0.4) is 0 Å². The largest absolute Gasteiger partial charge is 0.468 e. The molecule has 3 rings (SSSR count). The van der Waals surface area contributed by atoms with Crippen LogP contribution < -0.4 is 20.9 Å². The van der Waals surface area contributed by atoms with E-state index in [1.807, 2.05) is 0 Å². The standard InChI is InChI=1S/C21H25BrN3O9P/c1-13(20(28)31-2)24-35(30,34-15-6-4-3-5-7-15)32-12-17-16(26)10-18(33-17)25-11-14(8-9-22)19(27)23-21(25)29/h3-9,11,13,16-18,26H,10,12H2,1-2H3,(H,24,30)(H,23,27,29)/b9-8+/t13?,16?,17-,18?,35?/m1/s1. The quantitative estimate of drug-likeness (QED) is 0.283. The van der Waals surface area contributed by atoms with E-state index in [-0.39, 0.29) is 17.7 Å². The Hall–Kier alpha value is -2.54. The Bertz CT molecular complexity index is 1220. The van der Waals surface area contributed by atoms with Gasteiger partial charge in [0.15, 0.2) is 0 Å². The Balaban J connectivity index is 1.75. The van der Waals surface area contributed by atoms with Crippen LogP contribution in [0, 0.1) is 0 Å². The lowest BCUT2D eigenvalue weighted by atomic mass is 10.2. The maximum atomic E-state index is 13.4. The van der Waals surface area contributed by atoms with Gasteiger partial charge in [-0.2, -0.15) is 5.09 Å². The van der Waals surface area contributed by atoms with Crippen molar-refractivity contribution in [2.45, 2.75) is 37.8 Å². The van der Waals surface area contributed by atoms with Crippen molar-refractivity contribution in [2.24, 2.45) is 0 Å². The number of aliphatic hydroxyl groups is 1. The molecule has 190 valence electrons. The number of H-pyrrole nitrogens is 1. The number of carbonyl (C=O) groups is 1. The van der Waals surface area contributed by atoms with Gasteiger partial charge in [0.2, 0.25) is 0 Å². The molecule has 1 aromatic carbocycles. The molecule has 0 bridgehead atoms. The number of para-hydroxylation sites is 1. The lowest BCUT2D eigenvalue weighted by Gasteiger charge is -2.24. The summed E-state index contributed by atoms with van der Waals surface area (Å²) < 4.78 is 36.0. The van der Waals surface area contributed by atoms with Gasteiger partial charge in [-0.1, -0.05) is 34.1 Å². The minimum absolute atomic E-state index is 0.00722. The summed E-state index contributed by atoms with van der Waals surface area (Å²) in [4.78, 5) is 39.7. The molecule has 1 saturated heterocycles. The second-order valence-electron chi connectivity index (χ2n) is 7.55. The van der Waals surface area contributed by atoms with E-state index < -0.39 is 56.0 Å². The fourth-order valence-corrected chi connectivity index (χ4v) is 5.07. The van der Waals surface area contributed by atoms with Gasteiger partial charge >= 0.3 is 19.4 Å². The van der Waals surface area contributed by atoms with E-state index in [1.54, 1.807) is 30.3 Å². The van der Waals surface area contributed by atoms with Gasteiger partial charge < -0.3 is 19.1 Å². The van der Waals surface area contributed by atoms with E-state index in [4.69, 9.17) is 13.8 Å². The van der Waals surface area contributed by atoms with Gasteiger partial charge in [-0.3, -0.25) is 23.7 Å². The van der Waals surface area contributed by atoms with Crippen LogP contribution in [0.2, 0.25) is 0 Å². The minimum atomic E-state index is -4.14. The summed E-state index contributed by atoms with van der Waals surface area (Å²) in [7, 11) is -2.95. The summed E-state index contributed by atoms with van der Waals surface area (Å²) in [6.45, 7) is 1.03. The minimum Gasteiger partial charge on any atom is -0.468 e. The van der Waals surface area contributed by atoms with Gasteiger partial charge in [0, 0.05) is 12.6 Å². The predicted octanol–water partition coefficient (Wildman–Crippen LogP) is 1.91. The number of aromatic nitrogens is 2. The Morgan fingerprint density at radius 1 is 1.40 bits per heavy atom. The van der Waals surface area contributed by atoms with Crippen molar-refractivity contribution in [3.8, 4) is 5.75 Å². The Labute approximate surface area is 208 Å². The van der Waals surface area contributed by atoms with Gasteiger partial charge in [-0.25, -0.2) is 9.36 Å². The highest BCUT2D eigenvalue weighted by Crippen LogP contribution is 2.45. The zero-order chi connectivity index (χ0) is 25.6. The molecule has 35 heavy (non-hydrogen) atoms. The van der Waals surface area contributed by atoms with Crippen molar-refractivity contribution in [3.05, 3.63) is 67.9 Å². The molecule has 0 spiro atoms. The van der Waals surface area contributed by atoms with Gasteiger partial charge in [-0.05, 0) is 30.1 Å². The molecule has 5 atom stereocenters. The zero-order valence-corrected chi connectivity index (χ0v) is 21.3. The highest BCUT2D eigenvalue weighted by molar-refractivity contribution is 9.11. The van der Waals surface area contributed by atoms with E-state index >= 15 is 0 Å². The molecule has 1 aliphatic heterocycles. The number of rotatable bonds is 10. The average molecular weight is 574 g/mol. The predicted molar refractivity (Wildman–Crippen MR) is 129 cm³/mol. The van der Waals surface area contributed by atoms with Gasteiger partial charge in [-0.15, -0.1) is 0 Å². The van der Waals surface area contributed by atoms with Crippen LogP contribution >= 0.6 is 23.7 Å². The number of methoxy groups -OCH3 is 1. The summed E-state index contributed by atoms with van der Waals surface area (Å²) in [5, 5.41) is 13.0. The van der Waals surface area contributed by atoms with Crippen LogP contribution in [0.5, 0.6) is 5.75 Å². The molecule has 0 amide bonds. The number of ether oxygens (including phenoxy) is 2. The fraction of sp³-hybridized carbons (Fsp3) is 0.381. The molecule has 1 aliphatic rings. The first kappa shape index (κ1) is 27.1. The molecule has 0 radical (unpaired) electrons. The third kappa shape index (κ3) is 7.00. The maximum absolute atomic E-state index is 13.4. The molecule has 1 fully saturated rings. The summed E-state index contributed by atoms with van der Waals surface area (Å²) in [5.41, 5.74) is -1.10. The SMILES string of the molecule is COC(=O)C(C)NP(=O)(OC[C@H]1OC(n2cc(/C=C/Br)c(=O)[nH]c2=O)CC1O)Oc1ccccc1. The first-order valence-corrected chi connectivity index (χ1v) is 12.9. The van der Waals surface area contributed by atoms with Gasteiger partial charge in [0.25, 0.3) is 5.56 Å². The molecular formula is C21H25BrN3O9P. The van der Waals surface area contributed by atoms with E-state index in [0.29, 0.717) is 0 Å². The number of carbonyl (C=O) groups excluding carboxylic acids is 1. The van der Waals surface area contributed by atoms with Crippen LogP contribution in [0.4, 0.5) is 0 Å². The normalized spacial score (nSPS) is 22.6. The second kappa shape index (κ2) is 11.9. The second-order valence-corrected chi connectivity index (χ2v) is 9.77. The van der Waals surface area contributed by atoms with E-state index in [0.717, 1.165) is 4.57 Å². The molecule has 1 aromatic heterocycles. The van der Waals surface area contributed by atoms with Crippen molar-refractivity contribution in [1.29, 1.82) is 0 Å². The molecule has 4 unspecified atom stereocenters. The average Bonchev–Trinajstić information content (AvgIpc) is 3.19. The fourth-order valence-electron chi connectivity index (χ4n) is 3.29. The van der Waals surface area contributed by atoms with E-state index in [1.165, 1.54) is 31.3 Å². The molecule has 0 aliphatic carbocycles. The van der Waals surface area contributed by atoms with E-state index in [9.17, 15) is 24.1 Å². The number of nitrogens with zero attached hydrogens (tertiary/aromatic N) is 1. The third-order valence-electron chi connectivity index (χ3n) is 5.04. The summed E-state index contributed by atoms with van der Waals surface area (Å²) >= 11 is 3.08. The number of halogens is 1. The molecule has 2 aromatic rings. The lowest BCUT2D eigenvalue weighted by Crippen LogP contribution is -2.36. The molecule has 0 saturated carbocycles. The summed E-state index contributed by atoms with van der Waals surface area (Å²) in [5.74, 6) is -0.466. The first-order chi connectivity index (χ1) is 16.7. The molecule has 2 heterocycles. The van der Waals surface area contributed by atoms with E-state index in [2.05, 4.69) is 30.7 Å². The Morgan fingerprint density at radius 3 is 2.77 bits per heavy atom. The number of hydrogen-bond acceptors (Lipinski definition) is 9. The van der Waals surface area contributed by atoms with Crippen LogP contribution in [0.1, 0.15) is 25.1 Å². The van der Waals surface area contributed by atoms with Gasteiger partial charge in [0.05, 0.1) is 25.4 Å². The van der Waals surface area contributed by atoms with Crippen molar-refractivity contribution in [2.75, 3.05) is 13.7 Å². The molecule has 12 nitrogen and oxygen atoms in total. The lowest BCUT2D eigenvalue weighted by molar-refractivity contribution is -0.142. The smallest absolute Gasteiger partial charge is 0.459 e. The Morgan fingerprint density at radius 2 is 2.11 bits per heavy atom. The van der Waals surface area contributed by atoms with Crippen LogP contribution in [-0.2, 0) is 23.4 Å². The highest BCUT2D eigenvalue weighted by atomic mass is 79.9. The van der Waals surface area contributed by atoms with Crippen molar-refractivity contribution >= 4 is 35.7 Å². The van der Waals surface area contributed by atoms with Crippen LogP contribution in [-0.4, -0.2) is 52.6 Å². The maximum Gasteiger partial charge on any atom is 0.459 e. The van der Waals surface area contributed by atoms with Crippen molar-refractivity contribution < 1.29 is 33.0 Å². The van der Waals surface area contributed by atoms with Crippen molar-refractivity contribution in [3.63, 3.8) is 0 Å². The highest BCUT2D eigenvalue weighted by Gasteiger charge is 2.39. The van der Waals surface area contributed by atoms with Gasteiger partial charge in [0.1, 0.15) is 24.1 Å². The number of nitrogens with one attached hydrogen (secondary N) is 2. The molecule has 3 N–H and O–H groups in total. The zero-order valence-electron chi connectivity index (χ0n) is 18.8. The topological polar surface area (TPSA) is 158 Å². The number of hydrogen-bond donors (Lipinski definition) is 3. The Kier molecular flexibility index (Phi) is 9.22. The molecular weight excluding hydrogens is 549 g/mol.